The zero-order valence-electron chi connectivity index (χ0n) is 14.2. The number of halogens is 1. The molecule has 0 saturated carbocycles. The van der Waals surface area contributed by atoms with E-state index in [1.807, 2.05) is 13.8 Å². The molecule has 1 heterocycles. The summed E-state index contributed by atoms with van der Waals surface area (Å²) in [7, 11) is 3.51. The van der Waals surface area contributed by atoms with Crippen LogP contribution in [0.2, 0.25) is 0 Å². The number of allylic oxidation sites excluding steroid dienone is 1. The fraction of sp³-hybridized carbons (Fsp3) is 0.278. The Bertz CT molecular complexity index is 838. The molecular weight excluding hydrogens is 309 g/mol. The molecule has 0 atom stereocenters. The van der Waals surface area contributed by atoms with Gasteiger partial charge in [-0.05, 0) is 32.0 Å². The summed E-state index contributed by atoms with van der Waals surface area (Å²) in [6.45, 7) is 3.65. The molecule has 1 aromatic heterocycles. The van der Waals surface area contributed by atoms with Crippen LogP contribution in [0.3, 0.4) is 0 Å². The van der Waals surface area contributed by atoms with Crippen LogP contribution in [0, 0.1) is 5.82 Å². The quantitative estimate of drug-likeness (QED) is 0.625. The largest absolute Gasteiger partial charge is 0.383 e. The molecule has 0 spiro atoms. The van der Waals surface area contributed by atoms with Gasteiger partial charge >= 0.3 is 0 Å². The number of nitrogens with zero attached hydrogens (tertiary/aromatic N) is 3. The van der Waals surface area contributed by atoms with Crippen LogP contribution in [-0.2, 0) is 0 Å². The average molecular weight is 329 g/mol. The monoisotopic (exact) mass is 329 g/mol. The lowest BCUT2D eigenvalue weighted by Gasteiger charge is -2.14. The Balaban J connectivity index is 2.59. The van der Waals surface area contributed by atoms with Gasteiger partial charge in [0.25, 0.3) is 5.56 Å². The van der Waals surface area contributed by atoms with E-state index in [4.69, 9.17) is 0 Å². The van der Waals surface area contributed by atoms with E-state index in [9.17, 15) is 14.0 Å². The molecule has 0 bridgehead atoms. The summed E-state index contributed by atoms with van der Waals surface area (Å²) < 4.78 is 15.3. The third-order valence-electron chi connectivity index (χ3n) is 3.34. The highest BCUT2D eigenvalue weighted by molar-refractivity contribution is 6.28. The summed E-state index contributed by atoms with van der Waals surface area (Å²) in [6, 6.07) is 8.49. The standard InChI is InChI=1S/C18H20FN3O2/c1-12(2)22-17(23)10-9-16(20-22)14(11-21(3)4)18(24)13-7-5-6-8-15(13)19/h5-12H,1-4H3/b14-11-. The van der Waals surface area contributed by atoms with Crippen LogP contribution in [0.25, 0.3) is 5.57 Å². The van der Waals surface area contributed by atoms with E-state index in [0.717, 1.165) is 0 Å². The third kappa shape index (κ3) is 3.76. The first-order valence-corrected chi connectivity index (χ1v) is 7.59. The highest BCUT2D eigenvalue weighted by atomic mass is 19.1. The van der Waals surface area contributed by atoms with Gasteiger partial charge in [-0.15, -0.1) is 0 Å². The molecule has 0 amide bonds. The van der Waals surface area contributed by atoms with Crippen molar-refractivity contribution >= 4 is 11.4 Å². The Labute approximate surface area is 140 Å². The van der Waals surface area contributed by atoms with E-state index < -0.39 is 11.6 Å². The normalized spacial score (nSPS) is 11.7. The molecule has 2 rings (SSSR count). The molecule has 0 aliphatic heterocycles. The van der Waals surface area contributed by atoms with Crippen molar-refractivity contribution in [2.75, 3.05) is 14.1 Å². The molecule has 2 aromatic rings. The highest BCUT2D eigenvalue weighted by Crippen LogP contribution is 2.20. The molecule has 1 aromatic carbocycles. The molecule has 0 radical (unpaired) electrons. The predicted molar refractivity (Wildman–Crippen MR) is 91.3 cm³/mol. The van der Waals surface area contributed by atoms with Gasteiger partial charge in [0.2, 0.25) is 0 Å². The van der Waals surface area contributed by atoms with E-state index in [2.05, 4.69) is 5.10 Å². The Morgan fingerprint density at radius 2 is 1.88 bits per heavy atom. The molecule has 5 nitrogen and oxygen atoms in total. The molecule has 0 saturated heterocycles. The zero-order chi connectivity index (χ0) is 17.9. The van der Waals surface area contributed by atoms with Crippen molar-refractivity contribution in [2.45, 2.75) is 19.9 Å². The zero-order valence-corrected chi connectivity index (χ0v) is 14.2. The number of hydrogen-bond donors (Lipinski definition) is 0. The molecule has 0 unspecified atom stereocenters. The number of carbonyl (C=O) groups excluding carboxylic acids is 1. The molecule has 0 aliphatic carbocycles. The van der Waals surface area contributed by atoms with Crippen molar-refractivity contribution in [1.29, 1.82) is 0 Å². The Hall–Kier alpha value is -2.76. The second kappa shape index (κ2) is 7.21. The molecule has 0 fully saturated rings. The van der Waals surface area contributed by atoms with Crippen molar-refractivity contribution < 1.29 is 9.18 Å². The van der Waals surface area contributed by atoms with Gasteiger partial charge in [-0.3, -0.25) is 9.59 Å². The van der Waals surface area contributed by atoms with Crippen LogP contribution in [0.1, 0.15) is 35.9 Å². The predicted octanol–water partition coefficient (Wildman–Crippen LogP) is 2.75. The first-order chi connectivity index (χ1) is 11.3. The lowest BCUT2D eigenvalue weighted by Crippen LogP contribution is -2.25. The minimum absolute atomic E-state index is 0.0327. The summed E-state index contributed by atoms with van der Waals surface area (Å²) in [5.74, 6) is -1.08. The number of benzene rings is 1. The fourth-order valence-corrected chi connectivity index (χ4v) is 2.23. The summed E-state index contributed by atoms with van der Waals surface area (Å²) >= 11 is 0. The topological polar surface area (TPSA) is 55.2 Å². The van der Waals surface area contributed by atoms with E-state index in [1.54, 1.807) is 31.3 Å². The number of hydrogen-bond acceptors (Lipinski definition) is 4. The minimum Gasteiger partial charge on any atom is -0.383 e. The number of Topliss-reactive ketones (excluding diaryl/α,β-unsaturated/α-hetero) is 1. The summed E-state index contributed by atoms with van der Waals surface area (Å²) in [4.78, 5) is 26.4. The van der Waals surface area contributed by atoms with Gasteiger partial charge in [-0.2, -0.15) is 5.10 Å². The lowest BCUT2D eigenvalue weighted by molar-refractivity contribution is 0.105. The molecular formula is C18H20FN3O2. The molecule has 126 valence electrons. The Morgan fingerprint density at radius 1 is 1.21 bits per heavy atom. The maximum absolute atomic E-state index is 14.0. The average Bonchev–Trinajstić information content (AvgIpc) is 2.52. The highest BCUT2D eigenvalue weighted by Gasteiger charge is 2.20. The summed E-state index contributed by atoms with van der Waals surface area (Å²) in [5.41, 5.74) is 0.260. The van der Waals surface area contributed by atoms with Crippen LogP contribution in [0.4, 0.5) is 4.39 Å². The van der Waals surface area contributed by atoms with Gasteiger partial charge in [0.15, 0.2) is 5.78 Å². The first-order valence-electron chi connectivity index (χ1n) is 7.59. The van der Waals surface area contributed by atoms with E-state index >= 15 is 0 Å². The van der Waals surface area contributed by atoms with Crippen molar-refractivity contribution in [3.05, 3.63) is 70.0 Å². The maximum atomic E-state index is 14.0. The van der Waals surface area contributed by atoms with Crippen molar-refractivity contribution in [2.24, 2.45) is 0 Å². The van der Waals surface area contributed by atoms with Crippen LogP contribution < -0.4 is 5.56 Å². The van der Waals surface area contributed by atoms with Gasteiger partial charge < -0.3 is 4.90 Å². The second-order valence-corrected chi connectivity index (χ2v) is 5.91. The van der Waals surface area contributed by atoms with Gasteiger partial charge in [-0.1, -0.05) is 12.1 Å². The summed E-state index contributed by atoms with van der Waals surface area (Å²) in [5, 5.41) is 4.27. The van der Waals surface area contributed by atoms with Gasteiger partial charge in [-0.25, -0.2) is 9.07 Å². The number of carbonyl (C=O) groups is 1. The SMILES string of the molecule is CC(C)n1nc(/C(=C/N(C)C)C(=O)c2ccccc2F)ccc1=O. The number of ketones is 1. The maximum Gasteiger partial charge on any atom is 0.267 e. The number of rotatable bonds is 5. The van der Waals surface area contributed by atoms with Crippen LogP contribution in [0.5, 0.6) is 0 Å². The Kier molecular flexibility index (Phi) is 5.28. The van der Waals surface area contributed by atoms with E-state index in [0.29, 0.717) is 5.69 Å². The third-order valence-corrected chi connectivity index (χ3v) is 3.34. The minimum atomic E-state index is -0.593. The fourth-order valence-electron chi connectivity index (χ4n) is 2.23. The van der Waals surface area contributed by atoms with Crippen molar-refractivity contribution in [3.8, 4) is 0 Å². The lowest BCUT2D eigenvalue weighted by atomic mass is 10.0. The smallest absolute Gasteiger partial charge is 0.267 e. The van der Waals surface area contributed by atoms with Gasteiger partial charge in [0.05, 0.1) is 22.9 Å². The molecule has 6 heteroatoms. The van der Waals surface area contributed by atoms with Gasteiger partial charge in [0.1, 0.15) is 5.82 Å². The molecule has 0 N–H and O–H groups in total. The van der Waals surface area contributed by atoms with Crippen molar-refractivity contribution in [3.63, 3.8) is 0 Å². The first kappa shape index (κ1) is 17.6. The van der Waals surface area contributed by atoms with Gasteiger partial charge in [0, 0.05) is 26.4 Å². The Morgan fingerprint density at radius 3 is 2.46 bits per heavy atom. The molecule has 0 aliphatic rings. The van der Waals surface area contributed by atoms with Crippen LogP contribution >= 0.6 is 0 Å². The van der Waals surface area contributed by atoms with Crippen molar-refractivity contribution in [1.82, 2.24) is 14.7 Å². The van der Waals surface area contributed by atoms with E-state index in [1.165, 1.54) is 35.0 Å². The van der Waals surface area contributed by atoms with E-state index in [-0.39, 0.29) is 22.7 Å². The van der Waals surface area contributed by atoms with Crippen LogP contribution in [0.15, 0.2) is 47.4 Å². The second-order valence-electron chi connectivity index (χ2n) is 5.91. The molecule has 24 heavy (non-hydrogen) atoms. The number of aromatic nitrogens is 2. The summed E-state index contributed by atoms with van der Waals surface area (Å²) in [6.07, 6.45) is 1.58. The van der Waals surface area contributed by atoms with Crippen LogP contribution in [-0.4, -0.2) is 34.6 Å².